The van der Waals surface area contributed by atoms with E-state index in [0.29, 0.717) is 35.0 Å². The van der Waals surface area contributed by atoms with Crippen LogP contribution in [0.3, 0.4) is 0 Å². The molecule has 1 amide bonds. The number of methoxy groups -OCH3 is 1. The van der Waals surface area contributed by atoms with Gasteiger partial charge in [-0.3, -0.25) is 9.36 Å². The third-order valence-electron chi connectivity index (χ3n) is 7.45. The van der Waals surface area contributed by atoms with E-state index in [1.54, 1.807) is 19.2 Å². The number of anilines is 3. The van der Waals surface area contributed by atoms with Crippen LogP contribution in [0, 0.1) is 6.92 Å². The van der Waals surface area contributed by atoms with Gasteiger partial charge in [0.1, 0.15) is 17.3 Å². The topological polar surface area (TPSA) is 110 Å². The number of nitrogens with one attached hydrogen (secondary N) is 2. The van der Waals surface area contributed by atoms with E-state index in [9.17, 15) is 4.79 Å². The molecule has 1 aromatic carbocycles. The van der Waals surface area contributed by atoms with Crippen LogP contribution in [0.25, 0.3) is 5.69 Å². The Morgan fingerprint density at radius 3 is 2.69 bits per heavy atom. The minimum Gasteiger partial charge on any atom is -0.495 e. The molecule has 188 valence electrons. The number of aryl methyl sites for hydroxylation is 1. The number of nitrogens with zero attached hydrogens (tertiary/aromatic N) is 6. The highest BCUT2D eigenvalue weighted by Crippen LogP contribution is 2.43. The molecule has 2 saturated carbocycles. The lowest BCUT2D eigenvalue weighted by Gasteiger charge is -2.41. The van der Waals surface area contributed by atoms with Crippen LogP contribution < -0.4 is 20.3 Å². The van der Waals surface area contributed by atoms with Gasteiger partial charge < -0.3 is 20.3 Å². The quantitative estimate of drug-likeness (QED) is 0.509. The number of amides is 1. The Morgan fingerprint density at radius 2 is 1.97 bits per heavy atom. The second-order valence-electron chi connectivity index (χ2n) is 9.90. The minimum atomic E-state index is -0.0784. The number of carbonyl (C=O) groups is 1. The summed E-state index contributed by atoms with van der Waals surface area (Å²) in [5, 5.41) is 15.3. The Balaban J connectivity index is 1.35. The van der Waals surface area contributed by atoms with Crippen LogP contribution in [0.5, 0.6) is 5.75 Å². The summed E-state index contributed by atoms with van der Waals surface area (Å²) in [5.41, 5.74) is 2.19. The second kappa shape index (κ2) is 9.07. The molecule has 10 heteroatoms. The molecule has 36 heavy (non-hydrogen) atoms. The number of benzene rings is 1. The average Bonchev–Trinajstić information content (AvgIpc) is 3.37. The predicted molar refractivity (Wildman–Crippen MR) is 136 cm³/mol. The second-order valence-corrected chi connectivity index (χ2v) is 9.90. The molecule has 2 fully saturated rings. The highest BCUT2D eigenvalue weighted by molar-refractivity contribution is 5.95. The van der Waals surface area contributed by atoms with E-state index in [-0.39, 0.29) is 11.9 Å². The Hall–Kier alpha value is -3.69. The Labute approximate surface area is 210 Å². The van der Waals surface area contributed by atoms with Crippen molar-refractivity contribution in [3.8, 4) is 11.4 Å². The number of ether oxygens (including phenoxy) is 1. The zero-order valence-corrected chi connectivity index (χ0v) is 21.0. The molecule has 0 spiro atoms. The third-order valence-corrected chi connectivity index (χ3v) is 7.45. The van der Waals surface area contributed by atoms with Crippen molar-refractivity contribution in [1.29, 1.82) is 0 Å². The van der Waals surface area contributed by atoms with Crippen molar-refractivity contribution in [3.63, 3.8) is 0 Å². The van der Waals surface area contributed by atoms with E-state index in [1.807, 2.05) is 19.2 Å². The Bertz CT molecular complexity index is 1300. The summed E-state index contributed by atoms with van der Waals surface area (Å²) in [6.45, 7) is 4.16. The van der Waals surface area contributed by atoms with Gasteiger partial charge in [0.15, 0.2) is 11.6 Å². The molecule has 2 N–H and O–H groups in total. The van der Waals surface area contributed by atoms with Gasteiger partial charge in [-0.15, -0.1) is 10.2 Å². The fraction of sp³-hybridized carbons (Fsp3) is 0.500. The van der Waals surface area contributed by atoms with E-state index >= 15 is 0 Å². The normalized spacial score (nSPS) is 19.1. The molecule has 2 aliphatic carbocycles. The predicted octanol–water partition coefficient (Wildman–Crippen LogP) is 4.22. The summed E-state index contributed by atoms with van der Waals surface area (Å²) >= 11 is 0. The van der Waals surface area contributed by atoms with Crippen molar-refractivity contribution in [3.05, 3.63) is 41.6 Å². The third kappa shape index (κ3) is 3.94. The maximum atomic E-state index is 12.5. The fourth-order valence-corrected chi connectivity index (χ4v) is 5.48. The molecule has 1 aliphatic heterocycles. The standard InChI is InChI=1S/C26H32N8O2/c1-4-20-24-32-31-15(2)33(24)21-14-27-26(30-23(21)34(20)18-7-5-6-8-18)29-19-12-9-16(13-22(19)36-3)25(35)28-17-10-11-17/h9,12-14,17-18,20H,4-8,10-11H2,1-3H3,(H,28,35)(H,27,29,30)/t20-/m1/s1. The number of fused-ring (bicyclic) bond motifs is 3. The number of aromatic nitrogens is 5. The molecular weight excluding hydrogens is 456 g/mol. The molecule has 3 heterocycles. The van der Waals surface area contributed by atoms with Gasteiger partial charge in [0.05, 0.1) is 25.0 Å². The van der Waals surface area contributed by atoms with Gasteiger partial charge in [0, 0.05) is 17.6 Å². The van der Waals surface area contributed by atoms with Crippen LogP contribution in [0.1, 0.15) is 79.9 Å². The Morgan fingerprint density at radius 1 is 1.17 bits per heavy atom. The lowest BCUT2D eigenvalue weighted by molar-refractivity contribution is 0.0950. The van der Waals surface area contributed by atoms with E-state index < -0.39 is 0 Å². The first-order valence-corrected chi connectivity index (χ1v) is 12.9. The van der Waals surface area contributed by atoms with Gasteiger partial charge in [0.25, 0.3) is 5.91 Å². The van der Waals surface area contributed by atoms with Crippen molar-refractivity contribution in [1.82, 2.24) is 30.0 Å². The maximum absolute atomic E-state index is 12.5. The van der Waals surface area contributed by atoms with Gasteiger partial charge >= 0.3 is 0 Å². The van der Waals surface area contributed by atoms with Crippen molar-refractivity contribution in [2.45, 2.75) is 76.9 Å². The minimum absolute atomic E-state index is 0.0784. The van der Waals surface area contributed by atoms with Gasteiger partial charge in [-0.05, 0) is 57.2 Å². The molecule has 0 unspecified atom stereocenters. The number of rotatable bonds is 7. The van der Waals surface area contributed by atoms with E-state index in [2.05, 4.69) is 42.2 Å². The summed E-state index contributed by atoms with van der Waals surface area (Å²) in [6, 6.07) is 6.23. The number of carbonyl (C=O) groups excluding carboxylic acids is 1. The van der Waals surface area contributed by atoms with Gasteiger partial charge in [-0.25, -0.2) is 4.98 Å². The van der Waals surface area contributed by atoms with Crippen LogP contribution >= 0.6 is 0 Å². The highest BCUT2D eigenvalue weighted by Gasteiger charge is 2.39. The van der Waals surface area contributed by atoms with Crippen LogP contribution in [0.2, 0.25) is 0 Å². The molecule has 3 aliphatic rings. The molecule has 6 rings (SSSR count). The zero-order chi connectivity index (χ0) is 24.8. The smallest absolute Gasteiger partial charge is 0.251 e. The Kier molecular flexibility index (Phi) is 5.73. The molecule has 2 aromatic heterocycles. The highest BCUT2D eigenvalue weighted by atomic mass is 16.5. The molecule has 0 saturated heterocycles. The van der Waals surface area contributed by atoms with E-state index in [0.717, 1.165) is 55.3 Å². The molecule has 1 atom stereocenters. The van der Waals surface area contributed by atoms with Crippen molar-refractivity contribution >= 4 is 23.4 Å². The summed E-state index contributed by atoms with van der Waals surface area (Å²) < 4.78 is 7.69. The summed E-state index contributed by atoms with van der Waals surface area (Å²) in [6.07, 6.45) is 9.61. The van der Waals surface area contributed by atoms with Gasteiger partial charge in [-0.2, -0.15) is 4.98 Å². The van der Waals surface area contributed by atoms with Crippen molar-refractivity contribution in [2.75, 3.05) is 17.3 Å². The summed E-state index contributed by atoms with van der Waals surface area (Å²) in [5.74, 6) is 3.67. The van der Waals surface area contributed by atoms with Crippen LogP contribution in [0.4, 0.5) is 17.5 Å². The first-order chi connectivity index (χ1) is 17.6. The van der Waals surface area contributed by atoms with Crippen LogP contribution in [-0.4, -0.2) is 49.8 Å². The van der Waals surface area contributed by atoms with E-state index in [1.165, 1.54) is 12.8 Å². The summed E-state index contributed by atoms with van der Waals surface area (Å²) in [7, 11) is 1.60. The van der Waals surface area contributed by atoms with Crippen LogP contribution in [0.15, 0.2) is 24.4 Å². The molecular formula is C26H32N8O2. The largest absolute Gasteiger partial charge is 0.495 e. The van der Waals surface area contributed by atoms with E-state index in [4.69, 9.17) is 9.72 Å². The van der Waals surface area contributed by atoms with Crippen molar-refractivity contribution in [2.24, 2.45) is 0 Å². The van der Waals surface area contributed by atoms with Gasteiger partial charge in [-0.1, -0.05) is 19.8 Å². The zero-order valence-electron chi connectivity index (χ0n) is 21.0. The lowest BCUT2D eigenvalue weighted by atomic mass is 10.0. The van der Waals surface area contributed by atoms with Crippen molar-refractivity contribution < 1.29 is 9.53 Å². The molecule has 10 nitrogen and oxygen atoms in total. The van der Waals surface area contributed by atoms with Crippen LogP contribution in [-0.2, 0) is 0 Å². The average molecular weight is 489 g/mol. The maximum Gasteiger partial charge on any atom is 0.251 e. The molecule has 0 bridgehead atoms. The first kappa shape index (κ1) is 22.8. The number of hydrogen-bond acceptors (Lipinski definition) is 8. The lowest BCUT2D eigenvalue weighted by Crippen LogP contribution is -2.42. The fourth-order valence-electron chi connectivity index (χ4n) is 5.48. The monoisotopic (exact) mass is 488 g/mol. The first-order valence-electron chi connectivity index (χ1n) is 12.9. The molecule has 0 radical (unpaired) electrons. The number of hydrogen-bond donors (Lipinski definition) is 2. The molecule has 3 aromatic rings. The summed E-state index contributed by atoms with van der Waals surface area (Å²) in [4.78, 5) is 24.6. The van der Waals surface area contributed by atoms with Gasteiger partial charge in [0.2, 0.25) is 5.95 Å². The SMILES string of the molecule is CC[C@@H]1c2nnc(C)n2-c2cnc(Nc3ccc(C(=O)NC4CC4)cc3OC)nc2N1C1CCCC1.